The lowest BCUT2D eigenvalue weighted by atomic mass is 9.98. The van der Waals surface area contributed by atoms with Crippen molar-refractivity contribution in [3.05, 3.63) is 41.7 Å². The van der Waals surface area contributed by atoms with E-state index in [1.807, 2.05) is 6.08 Å². The van der Waals surface area contributed by atoms with Crippen molar-refractivity contribution in [1.29, 1.82) is 0 Å². The van der Waals surface area contributed by atoms with E-state index < -0.39 is 5.97 Å². The Morgan fingerprint density at radius 2 is 2.10 bits per heavy atom. The minimum absolute atomic E-state index is 0.225. The van der Waals surface area contributed by atoms with Gasteiger partial charge in [0.1, 0.15) is 5.82 Å². The molecule has 0 amide bonds. The van der Waals surface area contributed by atoms with Crippen molar-refractivity contribution in [2.45, 2.75) is 38.1 Å². The Kier molecular flexibility index (Phi) is 5.93. The Bertz CT molecular complexity index is 484. The molecule has 0 saturated carbocycles. The minimum Gasteiger partial charge on any atom is -0.481 e. The van der Waals surface area contributed by atoms with Gasteiger partial charge in [0, 0.05) is 19.0 Å². The lowest BCUT2D eigenvalue weighted by Crippen LogP contribution is -2.39. The maximum atomic E-state index is 12.8. The van der Waals surface area contributed by atoms with Crippen LogP contribution in [0.1, 0.15) is 37.7 Å². The first kappa shape index (κ1) is 15.7. The lowest BCUT2D eigenvalue weighted by molar-refractivity contribution is -0.137. The third-order valence-corrected chi connectivity index (χ3v) is 3.96. The average molecular weight is 291 g/mol. The van der Waals surface area contributed by atoms with Gasteiger partial charge in [-0.05, 0) is 43.5 Å². The van der Waals surface area contributed by atoms with Crippen LogP contribution in [-0.2, 0) is 4.79 Å². The van der Waals surface area contributed by atoms with Crippen LogP contribution in [0.5, 0.6) is 0 Å². The summed E-state index contributed by atoms with van der Waals surface area (Å²) in [5.74, 6) is -0.945. The fraction of sp³-hybridized carbons (Fsp3) is 0.471. The Balaban J connectivity index is 1.86. The number of carboxylic acids is 1. The summed E-state index contributed by atoms with van der Waals surface area (Å²) in [6.07, 6.45) is 8.46. The molecule has 2 rings (SSSR count). The number of rotatable bonds is 6. The van der Waals surface area contributed by atoms with Crippen LogP contribution in [0.2, 0.25) is 0 Å². The first-order valence-electron chi connectivity index (χ1n) is 7.53. The summed E-state index contributed by atoms with van der Waals surface area (Å²) >= 11 is 0. The van der Waals surface area contributed by atoms with Crippen molar-refractivity contribution in [2.75, 3.05) is 13.1 Å². The lowest BCUT2D eigenvalue weighted by Gasteiger charge is -2.34. The third-order valence-electron chi connectivity index (χ3n) is 3.96. The van der Waals surface area contributed by atoms with Crippen LogP contribution < -0.4 is 0 Å². The Morgan fingerprint density at radius 1 is 1.33 bits per heavy atom. The monoisotopic (exact) mass is 291 g/mol. The summed E-state index contributed by atoms with van der Waals surface area (Å²) in [5, 5.41) is 8.81. The number of hydrogen-bond donors (Lipinski definition) is 1. The maximum absolute atomic E-state index is 12.8. The van der Waals surface area contributed by atoms with Crippen LogP contribution in [0.25, 0.3) is 6.08 Å². The Morgan fingerprint density at radius 3 is 2.81 bits per heavy atom. The molecule has 1 aromatic carbocycles. The van der Waals surface area contributed by atoms with Gasteiger partial charge >= 0.3 is 5.97 Å². The highest BCUT2D eigenvalue weighted by Crippen LogP contribution is 2.20. The van der Waals surface area contributed by atoms with Crippen molar-refractivity contribution in [1.82, 2.24) is 4.90 Å². The fourth-order valence-corrected chi connectivity index (χ4v) is 2.82. The molecule has 0 aromatic heterocycles. The number of aliphatic carboxylic acids is 1. The summed E-state index contributed by atoms with van der Waals surface area (Å²) in [6, 6.07) is 6.79. The molecule has 1 aliphatic heterocycles. The first-order chi connectivity index (χ1) is 10.1. The van der Waals surface area contributed by atoms with Gasteiger partial charge in [0.25, 0.3) is 0 Å². The van der Waals surface area contributed by atoms with Crippen molar-refractivity contribution in [3.8, 4) is 0 Å². The van der Waals surface area contributed by atoms with E-state index in [4.69, 9.17) is 5.11 Å². The third kappa shape index (κ3) is 5.31. The maximum Gasteiger partial charge on any atom is 0.303 e. The van der Waals surface area contributed by atoms with E-state index in [0.29, 0.717) is 6.04 Å². The summed E-state index contributed by atoms with van der Waals surface area (Å²) in [7, 11) is 0. The molecule has 3 nitrogen and oxygen atoms in total. The Labute approximate surface area is 125 Å². The number of piperidine rings is 1. The van der Waals surface area contributed by atoms with Crippen LogP contribution >= 0.6 is 0 Å². The van der Waals surface area contributed by atoms with E-state index in [0.717, 1.165) is 31.5 Å². The largest absolute Gasteiger partial charge is 0.481 e. The second-order valence-electron chi connectivity index (χ2n) is 5.53. The van der Waals surface area contributed by atoms with Gasteiger partial charge in [0.05, 0.1) is 0 Å². The second kappa shape index (κ2) is 7.93. The number of carbonyl (C=O) groups is 1. The molecule has 1 aliphatic rings. The number of carboxylic acid groups (broad SMARTS) is 1. The second-order valence-corrected chi connectivity index (χ2v) is 5.53. The summed E-state index contributed by atoms with van der Waals surface area (Å²) in [6.45, 7) is 1.85. The summed E-state index contributed by atoms with van der Waals surface area (Å²) < 4.78 is 12.8. The predicted molar refractivity (Wildman–Crippen MR) is 81.5 cm³/mol. The SMILES string of the molecule is O=C(O)CCC1CCCCN1CC=Cc1ccc(F)cc1. The van der Waals surface area contributed by atoms with Crippen molar-refractivity contribution < 1.29 is 14.3 Å². The number of likely N-dealkylation sites (tertiary alicyclic amines) is 1. The van der Waals surface area contributed by atoms with E-state index in [9.17, 15) is 9.18 Å². The predicted octanol–water partition coefficient (Wildman–Crippen LogP) is 3.56. The van der Waals surface area contributed by atoms with Crippen LogP contribution in [0.15, 0.2) is 30.3 Å². The van der Waals surface area contributed by atoms with E-state index in [1.54, 1.807) is 12.1 Å². The standard InChI is InChI=1S/C17H22FNO2/c18-15-8-6-14(7-9-15)4-3-13-19-12-2-1-5-16(19)10-11-17(20)21/h3-4,6-9,16H,1-2,5,10-13H2,(H,20,21). The van der Waals surface area contributed by atoms with Gasteiger partial charge < -0.3 is 5.11 Å². The molecule has 0 spiro atoms. The average Bonchev–Trinajstić information content (AvgIpc) is 2.48. The van der Waals surface area contributed by atoms with Crippen LogP contribution in [0.3, 0.4) is 0 Å². The van der Waals surface area contributed by atoms with Gasteiger partial charge in [-0.25, -0.2) is 4.39 Å². The van der Waals surface area contributed by atoms with Crippen LogP contribution in [0.4, 0.5) is 4.39 Å². The summed E-state index contributed by atoms with van der Waals surface area (Å²) in [5.41, 5.74) is 0.982. The molecule has 1 heterocycles. The normalized spacial score (nSPS) is 20.0. The van der Waals surface area contributed by atoms with Crippen molar-refractivity contribution >= 4 is 12.0 Å². The molecule has 21 heavy (non-hydrogen) atoms. The van der Waals surface area contributed by atoms with Gasteiger partial charge in [0.15, 0.2) is 0 Å². The highest BCUT2D eigenvalue weighted by Gasteiger charge is 2.21. The zero-order valence-corrected chi connectivity index (χ0v) is 12.2. The minimum atomic E-state index is -0.720. The van der Waals surface area contributed by atoms with Crippen molar-refractivity contribution in [2.24, 2.45) is 0 Å². The summed E-state index contributed by atoms with van der Waals surface area (Å²) in [4.78, 5) is 13.1. The van der Waals surface area contributed by atoms with Gasteiger partial charge in [-0.1, -0.05) is 30.7 Å². The molecule has 0 aliphatic carbocycles. The molecule has 1 saturated heterocycles. The molecule has 1 aromatic rings. The molecule has 0 radical (unpaired) electrons. The number of nitrogens with zero attached hydrogens (tertiary/aromatic N) is 1. The van der Waals surface area contributed by atoms with E-state index in [-0.39, 0.29) is 12.2 Å². The quantitative estimate of drug-likeness (QED) is 0.871. The van der Waals surface area contributed by atoms with E-state index in [1.165, 1.54) is 25.0 Å². The topological polar surface area (TPSA) is 40.5 Å². The zero-order valence-electron chi connectivity index (χ0n) is 12.2. The van der Waals surface area contributed by atoms with Gasteiger partial charge in [-0.15, -0.1) is 0 Å². The van der Waals surface area contributed by atoms with Gasteiger partial charge in [-0.2, -0.15) is 0 Å². The highest BCUT2D eigenvalue weighted by atomic mass is 19.1. The molecule has 1 fully saturated rings. The Hall–Kier alpha value is -1.68. The molecule has 114 valence electrons. The van der Waals surface area contributed by atoms with Crippen LogP contribution in [-0.4, -0.2) is 35.1 Å². The van der Waals surface area contributed by atoms with Crippen LogP contribution in [0, 0.1) is 5.82 Å². The van der Waals surface area contributed by atoms with Gasteiger partial charge in [0.2, 0.25) is 0 Å². The number of halogens is 1. The fourth-order valence-electron chi connectivity index (χ4n) is 2.82. The number of hydrogen-bond acceptors (Lipinski definition) is 2. The molecule has 4 heteroatoms. The molecule has 1 N–H and O–H groups in total. The molecular formula is C17H22FNO2. The highest BCUT2D eigenvalue weighted by molar-refractivity contribution is 5.66. The molecule has 0 bridgehead atoms. The van der Waals surface area contributed by atoms with E-state index in [2.05, 4.69) is 11.0 Å². The molecule has 1 atom stereocenters. The smallest absolute Gasteiger partial charge is 0.303 e. The molecule has 1 unspecified atom stereocenters. The van der Waals surface area contributed by atoms with Gasteiger partial charge in [-0.3, -0.25) is 9.69 Å². The first-order valence-corrected chi connectivity index (χ1v) is 7.53. The van der Waals surface area contributed by atoms with E-state index >= 15 is 0 Å². The van der Waals surface area contributed by atoms with Crippen molar-refractivity contribution in [3.63, 3.8) is 0 Å². The number of benzene rings is 1. The zero-order chi connectivity index (χ0) is 15.1. The molecular weight excluding hydrogens is 269 g/mol.